The molecule has 0 spiro atoms. The van der Waals surface area contributed by atoms with Gasteiger partial charge in [0.25, 0.3) is 11.8 Å². The Kier molecular flexibility index (Phi) is 27.9. The van der Waals surface area contributed by atoms with Crippen LogP contribution in [0.15, 0.2) is 106 Å². The number of halogens is 3. The number of pyridine rings is 4. The Balaban J connectivity index is 0.653. The topological polar surface area (TPSA) is 252 Å². The monoisotopic (exact) mass is 1600 g/mol. The van der Waals surface area contributed by atoms with Crippen LogP contribution >= 0.6 is 34.8 Å². The number of nitrogens with zero attached hydrogens (tertiary/aromatic N) is 10. The molecule has 1 aliphatic heterocycles. The molecule has 3 aromatic carbocycles. The first-order valence-corrected chi connectivity index (χ1v) is 41.6. The highest BCUT2D eigenvalue weighted by Gasteiger charge is 2.36. The molecule has 606 valence electrons. The van der Waals surface area contributed by atoms with Crippen molar-refractivity contribution >= 4 is 69.5 Å². The van der Waals surface area contributed by atoms with Crippen LogP contribution in [0.4, 0.5) is 22.9 Å². The summed E-state index contributed by atoms with van der Waals surface area (Å²) in [6, 6.07) is 25.2. The molecule has 1 saturated heterocycles. The van der Waals surface area contributed by atoms with Crippen molar-refractivity contribution in [3.63, 3.8) is 0 Å². The molecular weight excluding hydrogens is 1490 g/mol. The Morgan fingerprint density at radius 1 is 0.558 bits per heavy atom. The normalized spacial score (nSPS) is 19.8. The number of likely N-dealkylation sites (N-methyl/N-ethyl adjacent to an activating group) is 1. The number of hydrogen-bond donors (Lipinski definition) is 7. The summed E-state index contributed by atoms with van der Waals surface area (Å²) in [6.45, 7) is 23.2. The number of aliphatic hydroxyl groups is 1. The number of morpholine rings is 1. The minimum atomic E-state index is -1.08. The molecule has 2 amide bonds. The first kappa shape index (κ1) is 84.0. The molecule has 12 rings (SSSR count). The number of nitrogens with one attached hydrogen (secondary N) is 6. The minimum Gasteiger partial charge on any atom is -0.377 e. The number of amides is 2. The van der Waals surface area contributed by atoms with Gasteiger partial charge in [0.15, 0.2) is 16.3 Å². The molecule has 26 heteroatoms. The zero-order valence-electron chi connectivity index (χ0n) is 68.0. The van der Waals surface area contributed by atoms with Crippen LogP contribution in [-0.2, 0) is 30.9 Å². The predicted molar refractivity (Wildman–Crippen MR) is 455 cm³/mol. The molecule has 0 radical (unpaired) electrons. The van der Waals surface area contributed by atoms with Crippen molar-refractivity contribution in [2.75, 3.05) is 93.7 Å². The minimum absolute atomic E-state index is 0.000153. The lowest BCUT2D eigenvalue weighted by Crippen LogP contribution is -2.54. The molecule has 4 fully saturated rings. The maximum Gasteiger partial charge on any atom is 0.251 e. The Labute approximate surface area is 680 Å². The van der Waals surface area contributed by atoms with Gasteiger partial charge in [-0.3, -0.25) is 39.2 Å². The first-order chi connectivity index (χ1) is 54.2. The molecule has 113 heavy (non-hydrogen) atoms. The number of aromatic nitrogens is 6. The van der Waals surface area contributed by atoms with E-state index in [1.165, 1.54) is 6.07 Å². The maximum atomic E-state index is 14.6. The molecule has 6 heterocycles. The number of aryl methyl sites for hydroxylation is 3. The molecule has 2 unspecified atom stereocenters. The summed E-state index contributed by atoms with van der Waals surface area (Å²) >= 11 is 20.7. The maximum absolute atomic E-state index is 14.6. The number of hydrogen-bond acceptors (Lipinski definition) is 17. The third kappa shape index (κ3) is 19.3. The summed E-state index contributed by atoms with van der Waals surface area (Å²) in [5.41, 5.74) is 12.0. The van der Waals surface area contributed by atoms with Crippen LogP contribution in [0.5, 0.6) is 0 Å². The van der Waals surface area contributed by atoms with Gasteiger partial charge in [0.2, 0.25) is 0 Å². The van der Waals surface area contributed by atoms with Crippen LogP contribution in [0.1, 0.15) is 186 Å². The number of carbonyl (C=O) groups excluding carboxylic acids is 2. The third-order valence-electron chi connectivity index (χ3n) is 24.5. The van der Waals surface area contributed by atoms with Crippen molar-refractivity contribution in [1.82, 2.24) is 60.4 Å². The van der Waals surface area contributed by atoms with Crippen LogP contribution < -0.4 is 51.8 Å². The second-order valence-corrected chi connectivity index (χ2v) is 33.2. The van der Waals surface area contributed by atoms with Gasteiger partial charge in [-0.25, -0.2) is 4.68 Å². The molecule has 23 nitrogen and oxygen atoms in total. The van der Waals surface area contributed by atoms with Crippen LogP contribution in [0.25, 0.3) is 17.2 Å². The summed E-state index contributed by atoms with van der Waals surface area (Å²) in [4.78, 5) is 102. The van der Waals surface area contributed by atoms with E-state index in [1.807, 2.05) is 83.1 Å². The van der Waals surface area contributed by atoms with Gasteiger partial charge in [-0.2, -0.15) is 5.10 Å². The molecule has 4 aliphatic rings. The average Bonchev–Trinajstić information content (AvgIpc) is 1.65. The van der Waals surface area contributed by atoms with Gasteiger partial charge in [-0.1, -0.05) is 40.9 Å². The Morgan fingerprint density at radius 2 is 1.03 bits per heavy atom. The van der Waals surface area contributed by atoms with Crippen molar-refractivity contribution in [1.29, 1.82) is 0 Å². The molecule has 3 saturated carbocycles. The lowest BCUT2D eigenvalue weighted by Gasteiger charge is -2.44. The SMILES string of the molecule is CCN(c1cc(Cl)cc(C(=O)NCc2c(-c3ccccn3)[nH]c(C)cc2=O)c1C)C1CCC(N(C)Cc2ccnn2-c2[nH]c(C)cc(=O)c2CNC(=O)c2cc(Cl)cc(N(CC)C3CCC(N(C)CC4COCCN4c4[nH]c(C)cc(=O)c4CNC(O)c4cc(Cl)cc(N(CC)C5CCC(N(C)C)CC5)c4C)CC3)c2C)CC1. The number of ether oxygens (including phenoxy) is 1. The Morgan fingerprint density at radius 3 is 1.55 bits per heavy atom. The molecule has 7 N–H and O–H groups in total. The van der Waals surface area contributed by atoms with Gasteiger partial charge in [0, 0.05) is 191 Å². The number of benzene rings is 3. The van der Waals surface area contributed by atoms with Crippen LogP contribution in [0.2, 0.25) is 15.1 Å². The average molecular weight is 1600 g/mol. The van der Waals surface area contributed by atoms with Gasteiger partial charge >= 0.3 is 0 Å². The van der Waals surface area contributed by atoms with E-state index in [4.69, 9.17) is 44.6 Å². The summed E-state index contributed by atoms with van der Waals surface area (Å²) in [5.74, 6) is 0.555. The quantitative estimate of drug-likeness (QED) is 0.0215. The standard InChI is InChI=1S/C87H115Cl3N16O7/c1-14-102(64-26-20-61(21-27-64)99(10)11)76-43-59(89)41-70(56(76)8)86(111)93-47-73-80(108)38-53(5)97-83(73)105-35-36-113-51-68(105)50-101(13)63-24-30-66(31-25-63)104(16-3)78-45-60(90)42-71(57(78)9)87(112)94-48-74-81(109)39-54(6)98-84(74)106-67(32-34-95-106)49-100(12)62-22-28-65(29-23-62)103(15-2)77-44-58(88)40-69(55(77)7)85(110)92-46-72-79(107)37-52(4)96-82(72)75-19-17-18-33-91-75/h17-19,32-34,37-45,61-66,68,86,93,111H,14-16,20-31,35-36,46-51H2,1-13H3,(H,92,110)(H,94,112)(H,96,107)(H,97,108)(H,98,109). The lowest BCUT2D eigenvalue weighted by molar-refractivity contribution is 0.0712. The van der Waals surface area contributed by atoms with Gasteiger partial charge in [0.1, 0.15) is 17.9 Å². The number of H-pyrrole nitrogens is 3. The van der Waals surface area contributed by atoms with Crippen molar-refractivity contribution < 1.29 is 19.4 Å². The van der Waals surface area contributed by atoms with E-state index in [0.29, 0.717) is 135 Å². The highest BCUT2D eigenvalue weighted by Crippen LogP contribution is 2.40. The highest BCUT2D eigenvalue weighted by atomic mass is 35.5. The summed E-state index contributed by atoms with van der Waals surface area (Å²) in [5, 5.41) is 27.7. The lowest BCUT2D eigenvalue weighted by atomic mass is 9.88. The largest absolute Gasteiger partial charge is 0.377 e. The number of anilines is 4. The van der Waals surface area contributed by atoms with E-state index in [9.17, 15) is 29.1 Å². The predicted octanol–water partition coefficient (Wildman–Crippen LogP) is 13.4. The van der Waals surface area contributed by atoms with Gasteiger partial charge in [-0.15, -0.1) is 0 Å². The second kappa shape index (κ2) is 37.5. The van der Waals surface area contributed by atoms with Crippen LogP contribution in [0, 0.1) is 41.5 Å². The molecule has 5 aromatic heterocycles. The van der Waals surface area contributed by atoms with Gasteiger partial charge < -0.3 is 64.8 Å². The van der Waals surface area contributed by atoms with Crippen molar-refractivity contribution in [3.05, 3.63) is 210 Å². The summed E-state index contributed by atoms with van der Waals surface area (Å²) in [7, 11) is 8.65. The number of rotatable bonds is 29. The van der Waals surface area contributed by atoms with E-state index >= 15 is 0 Å². The smallest absolute Gasteiger partial charge is 0.251 e. The zero-order chi connectivity index (χ0) is 80.6. The zero-order valence-corrected chi connectivity index (χ0v) is 70.3. The van der Waals surface area contributed by atoms with Crippen molar-refractivity contribution in [3.8, 4) is 17.2 Å². The Hall–Kier alpha value is -8.36. The summed E-state index contributed by atoms with van der Waals surface area (Å²) < 4.78 is 7.98. The Bertz CT molecular complexity index is 4850. The highest BCUT2D eigenvalue weighted by molar-refractivity contribution is 6.32. The van der Waals surface area contributed by atoms with Crippen molar-refractivity contribution in [2.24, 2.45) is 0 Å². The fraction of sp³-hybridized carbons (Fsp3) is 0.506. The molecular formula is C87H115Cl3N16O7. The second-order valence-electron chi connectivity index (χ2n) is 31.9. The fourth-order valence-electron chi connectivity index (χ4n) is 18.3. The number of carbonyl (C=O) groups is 2. The van der Waals surface area contributed by atoms with Crippen molar-refractivity contribution in [2.45, 2.75) is 214 Å². The first-order valence-electron chi connectivity index (χ1n) is 40.4. The number of aromatic amines is 3. The van der Waals surface area contributed by atoms with E-state index < -0.39 is 6.23 Å². The molecule has 0 bridgehead atoms. The van der Waals surface area contributed by atoms with Crippen LogP contribution in [0.3, 0.4) is 0 Å². The van der Waals surface area contributed by atoms with E-state index in [0.717, 1.165) is 135 Å². The molecule has 8 aromatic rings. The summed E-state index contributed by atoms with van der Waals surface area (Å²) in [6.07, 6.45) is 14.2. The van der Waals surface area contributed by atoms with E-state index in [-0.39, 0.29) is 77.9 Å². The van der Waals surface area contributed by atoms with E-state index in [2.05, 4.69) is 126 Å². The van der Waals surface area contributed by atoms with Gasteiger partial charge in [0.05, 0.1) is 54.0 Å². The van der Waals surface area contributed by atoms with Gasteiger partial charge in [-0.05, 0) is 239 Å². The fourth-order valence-corrected chi connectivity index (χ4v) is 18.9. The molecule has 3 aliphatic carbocycles. The van der Waals surface area contributed by atoms with Crippen LogP contribution in [-0.4, -0.2) is 178 Å². The third-order valence-corrected chi connectivity index (χ3v) is 25.1. The molecule has 2 atom stereocenters. The number of aliphatic hydroxyl groups excluding tert-OH is 1. The van der Waals surface area contributed by atoms with E-state index in [1.54, 1.807) is 41.3 Å².